The summed E-state index contributed by atoms with van der Waals surface area (Å²) in [6, 6.07) is 0. The van der Waals surface area contributed by atoms with Gasteiger partial charge in [-0.05, 0) is 0 Å². The van der Waals surface area contributed by atoms with Crippen molar-refractivity contribution in [1.29, 1.82) is 0 Å². The second-order valence-corrected chi connectivity index (χ2v) is 0. The van der Waals surface area contributed by atoms with Crippen molar-refractivity contribution in [3.05, 3.63) is 0 Å². The minimum absolute atomic E-state index is 0. The van der Waals surface area contributed by atoms with Gasteiger partial charge in [0.15, 0.2) is 0 Å². The molecule has 0 saturated heterocycles. The maximum Gasteiger partial charge on any atom is 2.00 e. The Bertz CT molecular complexity index is 8.75. The normalized spacial score (nSPS) is 0. The van der Waals surface area contributed by atoms with Crippen LogP contribution in [0.15, 0.2) is 0 Å². The summed E-state index contributed by atoms with van der Waals surface area (Å²) in [4.78, 5) is 0. The van der Waals surface area contributed by atoms with Gasteiger partial charge in [-0.1, -0.05) is 0 Å². The van der Waals surface area contributed by atoms with Crippen LogP contribution in [0.4, 0.5) is 0 Å². The first kappa shape index (κ1) is 96.2. The van der Waals surface area contributed by atoms with E-state index in [1.54, 1.807) is 0 Å². The fourth-order valence-electron chi connectivity index (χ4n) is 0. The molecular weight excluding hydrogens is 256 g/mol. The molecule has 40 valence electrons. The maximum absolute atomic E-state index is 0. The first-order valence-electron chi connectivity index (χ1n) is 0. The van der Waals surface area contributed by atoms with Gasteiger partial charge in [-0.25, -0.2) is 0 Å². The summed E-state index contributed by atoms with van der Waals surface area (Å²) in [5.74, 6) is 0. The molecule has 0 heterocycles. The molecule has 0 aromatic heterocycles. The predicted molar refractivity (Wildman–Crippen MR) is 16.6 cm³/mol. The van der Waals surface area contributed by atoms with E-state index in [0.29, 0.717) is 0 Å². The molecular formula is H6BaCl2O3. The van der Waals surface area contributed by atoms with Crippen molar-refractivity contribution in [3.8, 4) is 0 Å². The number of halogens is 2. The molecule has 0 amide bonds. The largest absolute Gasteiger partial charge is 2.00 e. The van der Waals surface area contributed by atoms with Crippen LogP contribution in [0.5, 0.6) is 0 Å². The topological polar surface area (TPSA) is 94.5 Å². The molecule has 3 nitrogen and oxygen atoms in total. The minimum atomic E-state index is 0. The molecule has 0 unspecified atom stereocenters. The van der Waals surface area contributed by atoms with Crippen LogP contribution in [-0.4, -0.2) is 65.3 Å². The number of hydrogen-bond acceptors (Lipinski definition) is 0. The summed E-state index contributed by atoms with van der Waals surface area (Å²) in [5, 5.41) is 0. The standard InChI is InChI=1S/Ba.2ClH.3H2O/h;2*1H;3*1H2/q+2;;;;;/p-2. The average molecular weight is 262 g/mol. The Labute approximate surface area is 88.7 Å². The van der Waals surface area contributed by atoms with Crippen LogP contribution in [-0.2, 0) is 0 Å². The van der Waals surface area contributed by atoms with Gasteiger partial charge in [0.05, 0.1) is 0 Å². The second kappa shape index (κ2) is 62.0. The van der Waals surface area contributed by atoms with Gasteiger partial charge in [0.1, 0.15) is 0 Å². The molecule has 0 aliphatic heterocycles. The summed E-state index contributed by atoms with van der Waals surface area (Å²) in [7, 11) is 0. The fourth-order valence-corrected chi connectivity index (χ4v) is 0. The monoisotopic (exact) mass is 262 g/mol. The Balaban J connectivity index is 0. The Hall–Kier alpha value is 2.03. The van der Waals surface area contributed by atoms with Gasteiger partial charge in [0.2, 0.25) is 0 Å². The van der Waals surface area contributed by atoms with Crippen LogP contribution in [0.1, 0.15) is 0 Å². The molecule has 6 N–H and O–H groups in total. The molecule has 0 fully saturated rings. The zero-order valence-electron chi connectivity index (χ0n) is 2.96. The summed E-state index contributed by atoms with van der Waals surface area (Å²) in [5.41, 5.74) is 0. The van der Waals surface area contributed by atoms with Gasteiger partial charge in [-0.3, -0.25) is 0 Å². The molecule has 0 saturated carbocycles. The van der Waals surface area contributed by atoms with Crippen molar-refractivity contribution in [1.82, 2.24) is 0 Å². The molecule has 0 atom stereocenters. The van der Waals surface area contributed by atoms with Gasteiger partial charge in [0.25, 0.3) is 0 Å². The fraction of sp³-hybridized carbons (Fsp3) is 0. The Kier molecular flexibility index (Phi) is 994. The van der Waals surface area contributed by atoms with Crippen molar-refractivity contribution >= 4 is 48.9 Å². The van der Waals surface area contributed by atoms with E-state index in [2.05, 4.69) is 0 Å². The van der Waals surface area contributed by atoms with Crippen LogP contribution >= 0.6 is 0 Å². The van der Waals surface area contributed by atoms with Gasteiger partial charge in [-0.15, -0.1) is 0 Å². The quantitative estimate of drug-likeness (QED) is 0.388. The SMILES string of the molecule is O.O.O.[Ba+2].[Cl-].[Cl-]. The van der Waals surface area contributed by atoms with Crippen LogP contribution < -0.4 is 24.8 Å². The van der Waals surface area contributed by atoms with Gasteiger partial charge < -0.3 is 41.2 Å². The summed E-state index contributed by atoms with van der Waals surface area (Å²) in [6.07, 6.45) is 0. The smallest absolute Gasteiger partial charge is 1.00 e. The second-order valence-electron chi connectivity index (χ2n) is 0. The molecule has 0 aromatic carbocycles. The zero-order valence-corrected chi connectivity index (χ0v) is 8.92. The molecule has 0 bridgehead atoms. The van der Waals surface area contributed by atoms with Crippen molar-refractivity contribution < 1.29 is 41.2 Å². The van der Waals surface area contributed by atoms with E-state index in [1.807, 2.05) is 0 Å². The Morgan fingerprint density at radius 2 is 0.500 bits per heavy atom. The predicted octanol–water partition coefficient (Wildman–Crippen LogP) is -8.85. The number of rotatable bonds is 0. The minimum Gasteiger partial charge on any atom is -1.00 e. The van der Waals surface area contributed by atoms with Gasteiger partial charge in [-0.2, -0.15) is 0 Å². The summed E-state index contributed by atoms with van der Waals surface area (Å²) in [6.45, 7) is 0. The van der Waals surface area contributed by atoms with Crippen LogP contribution in [0.2, 0.25) is 0 Å². The molecule has 0 aliphatic carbocycles. The van der Waals surface area contributed by atoms with Crippen molar-refractivity contribution in [2.24, 2.45) is 0 Å². The zero-order chi connectivity index (χ0) is 0. The van der Waals surface area contributed by atoms with Gasteiger partial charge in [0, 0.05) is 0 Å². The first-order valence-corrected chi connectivity index (χ1v) is 0. The van der Waals surface area contributed by atoms with Crippen molar-refractivity contribution in [2.75, 3.05) is 0 Å². The molecule has 0 aliphatic rings. The van der Waals surface area contributed by atoms with E-state index in [-0.39, 0.29) is 90.1 Å². The van der Waals surface area contributed by atoms with Crippen LogP contribution in [0, 0.1) is 0 Å². The van der Waals surface area contributed by atoms with Crippen molar-refractivity contribution in [3.63, 3.8) is 0 Å². The molecule has 0 spiro atoms. The van der Waals surface area contributed by atoms with Crippen LogP contribution in [0.3, 0.4) is 0 Å². The Morgan fingerprint density at radius 1 is 0.500 bits per heavy atom. The third-order valence-electron chi connectivity index (χ3n) is 0. The summed E-state index contributed by atoms with van der Waals surface area (Å²) >= 11 is 0. The average Bonchev–Trinajstić information content (AvgIpc) is 0. The van der Waals surface area contributed by atoms with E-state index >= 15 is 0 Å². The first-order chi connectivity index (χ1) is 0. The molecule has 0 aromatic rings. The van der Waals surface area contributed by atoms with E-state index < -0.39 is 0 Å². The number of hydrogen-bond donors (Lipinski definition) is 0. The maximum atomic E-state index is 0. The van der Waals surface area contributed by atoms with E-state index in [1.165, 1.54) is 0 Å². The molecule has 0 rings (SSSR count). The molecule has 6 heavy (non-hydrogen) atoms. The third kappa shape index (κ3) is 37.0. The summed E-state index contributed by atoms with van der Waals surface area (Å²) < 4.78 is 0. The third-order valence-corrected chi connectivity index (χ3v) is 0. The van der Waals surface area contributed by atoms with E-state index in [0.717, 1.165) is 0 Å². The Morgan fingerprint density at radius 3 is 0.500 bits per heavy atom. The molecule has 6 heteroatoms. The molecule has 0 radical (unpaired) electrons. The van der Waals surface area contributed by atoms with E-state index in [4.69, 9.17) is 0 Å². The van der Waals surface area contributed by atoms with Gasteiger partial charge >= 0.3 is 48.9 Å². The van der Waals surface area contributed by atoms with E-state index in [9.17, 15) is 0 Å². The van der Waals surface area contributed by atoms with Crippen LogP contribution in [0.25, 0.3) is 0 Å². The van der Waals surface area contributed by atoms with Crippen molar-refractivity contribution in [2.45, 2.75) is 0 Å².